The first-order valence-electron chi connectivity index (χ1n) is 9.26. The van der Waals surface area contributed by atoms with E-state index in [-0.39, 0.29) is 5.91 Å². The van der Waals surface area contributed by atoms with Gasteiger partial charge in [0.05, 0.1) is 22.7 Å². The standard InChI is InChI=1S/C22H19N3O3S/c1-2-12-27-16-8-5-7-15(14-16)21(26)23-18-10-4-3-9-17(18)22-24-20(25-28-22)19-11-6-13-29-19/h3-11,13-14H,2,12H2,1H3,(H,23,26). The number of para-hydroxylation sites is 1. The summed E-state index contributed by atoms with van der Waals surface area (Å²) >= 11 is 1.54. The van der Waals surface area contributed by atoms with E-state index in [2.05, 4.69) is 15.5 Å². The maximum Gasteiger partial charge on any atom is 0.260 e. The average Bonchev–Trinajstić information content (AvgIpc) is 3.45. The van der Waals surface area contributed by atoms with Crippen LogP contribution in [0.15, 0.2) is 70.6 Å². The van der Waals surface area contributed by atoms with Gasteiger partial charge in [-0.1, -0.05) is 36.3 Å². The van der Waals surface area contributed by atoms with E-state index >= 15 is 0 Å². The summed E-state index contributed by atoms with van der Waals surface area (Å²) in [7, 11) is 0. The first-order valence-corrected chi connectivity index (χ1v) is 10.1. The molecular formula is C22H19N3O3S. The Bertz CT molecular complexity index is 1110. The molecule has 0 spiro atoms. The number of thiophene rings is 1. The SMILES string of the molecule is CCCOc1cccc(C(=O)Nc2ccccc2-c2nc(-c3cccs3)no2)c1. The third-order valence-corrected chi connectivity index (χ3v) is 5.01. The Morgan fingerprint density at radius 3 is 2.86 bits per heavy atom. The van der Waals surface area contributed by atoms with Crippen LogP contribution in [0, 0.1) is 0 Å². The molecule has 0 unspecified atom stereocenters. The van der Waals surface area contributed by atoms with Crippen molar-refractivity contribution in [1.29, 1.82) is 0 Å². The number of carbonyl (C=O) groups is 1. The van der Waals surface area contributed by atoms with Crippen LogP contribution >= 0.6 is 11.3 Å². The molecule has 1 amide bonds. The number of nitrogens with zero attached hydrogens (tertiary/aromatic N) is 2. The zero-order valence-corrected chi connectivity index (χ0v) is 16.6. The van der Waals surface area contributed by atoms with Crippen molar-refractivity contribution in [3.05, 3.63) is 71.6 Å². The summed E-state index contributed by atoms with van der Waals surface area (Å²) < 4.78 is 11.1. The van der Waals surface area contributed by atoms with Gasteiger partial charge in [0, 0.05) is 5.56 Å². The Hall–Kier alpha value is -3.45. The number of carbonyl (C=O) groups excluding carboxylic acids is 1. The summed E-state index contributed by atoms with van der Waals surface area (Å²) in [6, 6.07) is 18.3. The lowest BCUT2D eigenvalue weighted by molar-refractivity contribution is 0.102. The Morgan fingerprint density at radius 1 is 1.14 bits per heavy atom. The Morgan fingerprint density at radius 2 is 2.03 bits per heavy atom. The molecular weight excluding hydrogens is 386 g/mol. The molecule has 2 aromatic heterocycles. The number of anilines is 1. The molecule has 0 radical (unpaired) electrons. The highest BCUT2D eigenvalue weighted by Crippen LogP contribution is 2.30. The van der Waals surface area contributed by atoms with Crippen molar-refractivity contribution in [2.45, 2.75) is 13.3 Å². The summed E-state index contributed by atoms with van der Waals surface area (Å²) in [5.41, 5.74) is 1.77. The van der Waals surface area contributed by atoms with Gasteiger partial charge in [-0.3, -0.25) is 4.79 Å². The lowest BCUT2D eigenvalue weighted by Crippen LogP contribution is -2.12. The molecule has 2 aromatic carbocycles. The quantitative estimate of drug-likeness (QED) is 0.439. The van der Waals surface area contributed by atoms with E-state index in [0.29, 0.717) is 40.9 Å². The van der Waals surface area contributed by atoms with E-state index in [9.17, 15) is 4.79 Å². The first-order chi connectivity index (χ1) is 14.2. The van der Waals surface area contributed by atoms with Crippen LogP contribution in [0.5, 0.6) is 5.75 Å². The predicted octanol–water partition coefficient (Wildman–Crippen LogP) is 5.51. The third kappa shape index (κ3) is 4.35. The highest BCUT2D eigenvalue weighted by molar-refractivity contribution is 7.13. The number of rotatable bonds is 7. The molecule has 4 aromatic rings. The molecule has 0 bridgehead atoms. The van der Waals surface area contributed by atoms with Crippen LogP contribution in [0.1, 0.15) is 23.7 Å². The van der Waals surface area contributed by atoms with Gasteiger partial charge in [-0.05, 0) is 48.2 Å². The van der Waals surface area contributed by atoms with Crippen LogP contribution in [0.25, 0.3) is 22.2 Å². The lowest BCUT2D eigenvalue weighted by atomic mass is 10.1. The maximum atomic E-state index is 12.8. The number of nitrogens with one attached hydrogen (secondary N) is 1. The fraction of sp³-hybridized carbons (Fsp3) is 0.136. The molecule has 0 aliphatic carbocycles. The fourth-order valence-corrected chi connectivity index (χ4v) is 3.41. The molecule has 0 saturated carbocycles. The van der Waals surface area contributed by atoms with Crippen LogP contribution in [0.4, 0.5) is 5.69 Å². The van der Waals surface area contributed by atoms with Crippen LogP contribution < -0.4 is 10.1 Å². The smallest absolute Gasteiger partial charge is 0.260 e. The molecule has 2 heterocycles. The van der Waals surface area contributed by atoms with Gasteiger partial charge in [-0.2, -0.15) is 4.98 Å². The molecule has 1 N–H and O–H groups in total. The molecule has 6 nitrogen and oxygen atoms in total. The minimum absolute atomic E-state index is 0.239. The Labute approximate surface area is 172 Å². The number of hydrogen-bond donors (Lipinski definition) is 1. The normalized spacial score (nSPS) is 10.7. The summed E-state index contributed by atoms with van der Waals surface area (Å²) in [5, 5.41) is 8.94. The second-order valence-corrected chi connectivity index (χ2v) is 7.22. The van der Waals surface area contributed by atoms with Crippen molar-refractivity contribution in [3.63, 3.8) is 0 Å². The number of hydrogen-bond acceptors (Lipinski definition) is 6. The van der Waals surface area contributed by atoms with E-state index < -0.39 is 0 Å². The highest BCUT2D eigenvalue weighted by Gasteiger charge is 2.16. The topological polar surface area (TPSA) is 77.2 Å². The third-order valence-electron chi connectivity index (χ3n) is 4.14. The minimum Gasteiger partial charge on any atom is -0.494 e. The minimum atomic E-state index is -0.239. The van der Waals surface area contributed by atoms with Crippen molar-refractivity contribution >= 4 is 22.9 Å². The van der Waals surface area contributed by atoms with Crippen LogP contribution in [-0.4, -0.2) is 22.7 Å². The van der Waals surface area contributed by atoms with Crippen molar-refractivity contribution in [3.8, 4) is 27.9 Å². The van der Waals surface area contributed by atoms with Gasteiger partial charge in [0.15, 0.2) is 0 Å². The van der Waals surface area contributed by atoms with Crippen LogP contribution in [0.3, 0.4) is 0 Å². The number of aromatic nitrogens is 2. The lowest BCUT2D eigenvalue weighted by Gasteiger charge is -2.10. The largest absolute Gasteiger partial charge is 0.494 e. The molecule has 0 saturated heterocycles. The second-order valence-electron chi connectivity index (χ2n) is 6.28. The molecule has 0 fully saturated rings. The molecule has 146 valence electrons. The van der Waals surface area contributed by atoms with Gasteiger partial charge in [0.1, 0.15) is 5.75 Å². The summed E-state index contributed by atoms with van der Waals surface area (Å²) in [6.07, 6.45) is 0.904. The second kappa shape index (κ2) is 8.70. The summed E-state index contributed by atoms with van der Waals surface area (Å²) in [5.74, 6) is 1.31. The average molecular weight is 405 g/mol. The van der Waals surface area contributed by atoms with Crippen molar-refractivity contribution in [1.82, 2.24) is 10.1 Å². The predicted molar refractivity (Wildman–Crippen MR) is 113 cm³/mol. The van der Waals surface area contributed by atoms with E-state index in [1.165, 1.54) is 11.3 Å². The van der Waals surface area contributed by atoms with Gasteiger partial charge in [0.2, 0.25) is 5.82 Å². The fourth-order valence-electron chi connectivity index (χ4n) is 2.76. The number of ether oxygens (including phenoxy) is 1. The van der Waals surface area contributed by atoms with E-state index in [1.807, 2.05) is 48.7 Å². The molecule has 29 heavy (non-hydrogen) atoms. The van der Waals surface area contributed by atoms with Gasteiger partial charge < -0.3 is 14.6 Å². The van der Waals surface area contributed by atoms with Crippen molar-refractivity contribution < 1.29 is 14.1 Å². The van der Waals surface area contributed by atoms with Gasteiger partial charge in [-0.25, -0.2) is 0 Å². The van der Waals surface area contributed by atoms with Crippen molar-refractivity contribution in [2.24, 2.45) is 0 Å². The van der Waals surface area contributed by atoms with E-state index in [4.69, 9.17) is 9.26 Å². The monoisotopic (exact) mass is 405 g/mol. The summed E-state index contributed by atoms with van der Waals surface area (Å²) in [6.45, 7) is 2.65. The van der Waals surface area contributed by atoms with Gasteiger partial charge in [0.25, 0.3) is 11.8 Å². The van der Waals surface area contributed by atoms with Gasteiger partial charge in [-0.15, -0.1) is 11.3 Å². The molecule has 4 rings (SSSR count). The molecule has 0 aliphatic heterocycles. The van der Waals surface area contributed by atoms with Crippen LogP contribution in [-0.2, 0) is 0 Å². The summed E-state index contributed by atoms with van der Waals surface area (Å²) in [4.78, 5) is 18.2. The van der Waals surface area contributed by atoms with E-state index in [1.54, 1.807) is 24.3 Å². The zero-order chi connectivity index (χ0) is 20.1. The Balaban J connectivity index is 1.57. The molecule has 0 atom stereocenters. The molecule has 7 heteroatoms. The van der Waals surface area contributed by atoms with E-state index in [0.717, 1.165) is 11.3 Å². The van der Waals surface area contributed by atoms with Crippen molar-refractivity contribution in [2.75, 3.05) is 11.9 Å². The first kappa shape index (κ1) is 18.9. The molecule has 0 aliphatic rings. The number of amides is 1. The Kier molecular flexibility index (Phi) is 5.67. The maximum absolute atomic E-state index is 12.8. The zero-order valence-electron chi connectivity index (χ0n) is 15.8. The van der Waals surface area contributed by atoms with Crippen LogP contribution in [0.2, 0.25) is 0 Å². The van der Waals surface area contributed by atoms with Gasteiger partial charge >= 0.3 is 0 Å². The number of benzene rings is 2. The highest BCUT2D eigenvalue weighted by atomic mass is 32.1.